The second kappa shape index (κ2) is 5.72. The van der Waals surface area contributed by atoms with Crippen molar-refractivity contribution in [3.05, 3.63) is 0 Å². The highest BCUT2D eigenvalue weighted by atomic mass is 16.4. The van der Waals surface area contributed by atoms with Crippen molar-refractivity contribution < 1.29 is 14.7 Å². The van der Waals surface area contributed by atoms with Gasteiger partial charge in [0.2, 0.25) is 0 Å². The largest absolute Gasteiger partial charge is 0.481 e. The minimum atomic E-state index is -0.817. The van der Waals surface area contributed by atoms with Crippen molar-refractivity contribution >= 4 is 12.0 Å². The van der Waals surface area contributed by atoms with Gasteiger partial charge in [-0.3, -0.25) is 4.79 Å². The average Bonchev–Trinajstić information content (AvgIpc) is 2.11. The lowest BCUT2D eigenvalue weighted by molar-refractivity contribution is -0.146. The van der Waals surface area contributed by atoms with Gasteiger partial charge in [-0.25, -0.2) is 4.79 Å². The molecule has 1 heterocycles. The third-order valence-corrected chi connectivity index (χ3v) is 2.88. The fraction of sp³-hybridized carbons (Fsp3) is 0.818. The summed E-state index contributed by atoms with van der Waals surface area (Å²) in [5, 5.41) is 11.5. The number of amides is 2. The van der Waals surface area contributed by atoms with Crippen LogP contribution in [-0.4, -0.2) is 41.1 Å². The van der Waals surface area contributed by atoms with Crippen molar-refractivity contribution in [1.29, 1.82) is 0 Å². The third kappa shape index (κ3) is 3.40. The normalized spacial score (nSPS) is 17.8. The molecule has 1 rings (SSSR count). The van der Waals surface area contributed by atoms with Gasteiger partial charge in [-0.1, -0.05) is 19.8 Å². The standard InChI is InChI=1S/C11H20N2O3/c1-3-4-5-8(2)12-11(16)13-6-9(7-13)10(14)15/h8-9H,3-7H2,1-2H3,(H,12,16)(H,14,15). The molecule has 1 fully saturated rings. The smallest absolute Gasteiger partial charge is 0.317 e. The summed E-state index contributed by atoms with van der Waals surface area (Å²) in [6, 6.07) is 0.0254. The SMILES string of the molecule is CCCCC(C)NC(=O)N1CC(C(=O)O)C1. The summed E-state index contributed by atoms with van der Waals surface area (Å²) in [5.74, 6) is -1.19. The lowest BCUT2D eigenvalue weighted by Crippen LogP contribution is -2.57. The first-order valence-electron chi connectivity index (χ1n) is 5.82. The molecule has 0 saturated carbocycles. The molecule has 0 aromatic rings. The van der Waals surface area contributed by atoms with Crippen molar-refractivity contribution in [1.82, 2.24) is 10.2 Å². The maximum absolute atomic E-state index is 11.6. The van der Waals surface area contributed by atoms with E-state index in [9.17, 15) is 9.59 Å². The maximum atomic E-state index is 11.6. The summed E-state index contributed by atoms with van der Waals surface area (Å²) in [6.45, 7) is 4.76. The van der Waals surface area contributed by atoms with Gasteiger partial charge in [0.25, 0.3) is 0 Å². The topological polar surface area (TPSA) is 69.6 Å². The lowest BCUT2D eigenvalue weighted by atomic mass is 10.0. The quantitative estimate of drug-likeness (QED) is 0.745. The van der Waals surface area contributed by atoms with Gasteiger partial charge in [-0.05, 0) is 13.3 Å². The van der Waals surface area contributed by atoms with E-state index in [-0.39, 0.29) is 18.0 Å². The maximum Gasteiger partial charge on any atom is 0.317 e. The van der Waals surface area contributed by atoms with Crippen molar-refractivity contribution in [2.75, 3.05) is 13.1 Å². The van der Waals surface area contributed by atoms with Gasteiger partial charge in [-0.2, -0.15) is 0 Å². The van der Waals surface area contributed by atoms with E-state index >= 15 is 0 Å². The monoisotopic (exact) mass is 228 g/mol. The number of nitrogens with zero attached hydrogens (tertiary/aromatic N) is 1. The molecule has 92 valence electrons. The van der Waals surface area contributed by atoms with Gasteiger partial charge in [0.1, 0.15) is 0 Å². The molecule has 0 spiro atoms. The van der Waals surface area contributed by atoms with E-state index in [1.807, 2.05) is 6.92 Å². The molecule has 5 heteroatoms. The van der Waals surface area contributed by atoms with Crippen LogP contribution in [-0.2, 0) is 4.79 Å². The highest BCUT2D eigenvalue weighted by Crippen LogP contribution is 2.15. The number of aliphatic carboxylic acids is 1. The molecule has 1 saturated heterocycles. The Morgan fingerprint density at radius 3 is 2.62 bits per heavy atom. The van der Waals surface area contributed by atoms with Gasteiger partial charge >= 0.3 is 12.0 Å². The van der Waals surface area contributed by atoms with E-state index in [2.05, 4.69) is 12.2 Å². The predicted molar refractivity (Wildman–Crippen MR) is 60.2 cm³/mol. The molecular weight excluding hydrogens is 208 g/mol. The fourth-order valence-corrected chi connectivity index (χ4v) is 1.69. The van der Waals surface area contributed by atoms with Crippen molar-refractivity contribution in [2.45, 2.75) is 39.2 Å². The zero-order valence-corrected chi connectivity index (χ0v) is 9.90. The predicted octanol–water partition coefficient (Wildman–Crippen LogP) is 1.29. The van der Waals surface area contributed by atoms with Crippen molar-refractivity contribution in [3.8, 4) is 0 Å². The van der Waals surface area contributed by atoms with Crippen LogP contribution in [0.2, 0.25) is 0 Å². The second-order valence-corrected chi connectivity index (χ2v) is 4.43. The van der Waals surface area contributed by atoms with Gasteiger partial charge in [0.15, 0.2) is 0 Å². The number of urea groups is 1. The van der Waals surface area contributed by atoms with Gasteiger partial charge < -0.3 is 15.3 Å². The Bertz CT molecular complexity index is 262. The highest BCUT2D eigenvalue weighted by Gasteiger charge is 2.35. The minimum Gasteiger partial charge on any atom is -0.481 e. The molecule has 1 aliphatic rings. The van der Waals surface area contributed by atoms with E-state index < -0.39 is 5.97 Å². The molecular formula is C11H20N2O3. The van der Waals surface area contributed by atoms with Crippen LogP contribution in [0.15, 0.2) is 0 Å². The molecule has 0 bridgehead atoms. The fourth-order valence-electron chi connectivity index (χ4n) is 1.69. The second-order valence-electron chi connectivity index (χ2n) is 4.43. The minimum absolute atomic E-state index is 0.138. The number of carboxylic acid groups (broad SMARTS) is 1. The zero-order valence-electron chi connectivity index (χ0n) is 9.90. The highest BCUT2D eigenvalue weighted by molar-refractivity contribution is 5.79. The number of carbonyl (C=O) groups excluding carboxylic acids is 1. The van der Waals surface area contributed by atoms with Gasteiger partial charge in [-0.15, -0.1) is 0 Å². The van der Waals surface area contributed by atoms with Gasteiger partial charge in [0, 0.05) is 19.1 Å². The van der Waals surface area contributed by atoms with Crippen LogP contribution in [0.5, 0.6) is 0 Å². The number of likely N-dealkylation sites (tertiary alicyclic amines) is 1. The first kappa shape index (κ1) is 12.8. The van der Waals surface area contributed by atoms with E-state index in [4.69, 9.17) is 5.11 Å². The summed E-state index contributed by atoms with van der Waals surface area (Å²) in [5.41, 5.74) is 0. The Kier molecular flexibility index (Phi) is 4.58. The number of hydrogen-bond acceptors (Lipinski definition) is 2. The Labute approximate surface area is 95.8 Å². The summed E-state index contributed by atoms with van der Waals surface area (Å²) in [4.78, 5) is 23.7. The lowest BCUT2D eigenvalue weighted by Gasteiger charge is -2.37. The Balaban J connectivity index is 2.19. The van der Waals surface area contributed by atoms with Crippen LogP contribution in [0.25, 0.3) is 0 Å². The van der Waals surface area contributed by atoms with Crippen molar-refractivity contribution in [2.24, 2.45) is 5.92 Å². The molecule has 1 aliphatic heterocycles. The molecule has 0 aromatic carbocycles. The molecule has 2 N–H and O–H groups in total. The van der Waals surface area contributed by atoms with Crippen LogP contribution >= 0.6 is 0 Å². The summed E-state index contributed by atoms with van der Waals surface area (Å²) < 4.78 is 0. The van der Waals surface area contributed by atoms with Crippen LogP contribution in [0, 0.1) is 5.92 Å². The molecule has 0 aromatic heterocycles. The zero-order chi connectivity index (χ0) is 12.1. The third-order valence-electron chi connectivity index (χ3n) is 2.88. The van der Waals surface area contributed by atoms with E-state index in [1.54, 1.807) is 4.90 Å². The number of rotatable bonds is 5. The average molecular weight is 228 g/mol. The Morgan fingerprint density at radius 2 is 2.12 bits per heavy atom. The number of hydrogen-bond donors (Lipinski definition) is 2. The van der Waals surface area contributed by atoms with Crippen LogP contribution in [0.3, 0.4) is 0 Å². The number of carbonyl (C=O) groups is 2. The molecule has 1 atom stereocenters. The van der Waals surface area contributed by atoms with Crippen molar-refractivity contribution in [3.63, 3.8) is 0 Å². The number of unbranched alkanes of at least 4 members (excludes halogenated alkanes) is 1. The Hall–Kier alpha value is -1.26. The molecule has 0 radical (unpaired) electrons. The van der Waals surface area contributed by atoms with Crippen LogP contribution in [0.4, 0.5) is 4.79 Å². The first-order chi connectivity index (χ1) is 7.54. The molecule has 16 heavy (non-hydrogen) atoms. The summed E-state index contributed by atoms with van der Waals surface area (Å²) in [7, 11) is 0. The van der Waals surface area contributed by atoms with Crippen LogP contribution in [0.1, 0.15) is 33.1 Å². The molecule has 5 nitrogen and oxygen atoms in total. The Morgan fingerprint density at radius 1 is 1.50 bits per heavy atom. The first-order valence-corrected chi connectivity index (χ1v) is 5.82. The van der Waals surface area contributed by atoms with E-state index in [1.165, 1.54) is 0 Å². The van der Waals surface area contributed by atoms with E-state index in [0.29, 0.717) is 13.1 Å². The molecule has 1 unspecified atom stereocenters. The molecule has 0 aliphatic carbocycles. The van der Waals surface area contributed by atoms with Gasteiger partial charge in [0.05, 0.1) is 5.92 Å². The number of nitrogens with one attached hydrogen (secondary N) is 1. The number of carboxylic acids is 1. The summed E-state index contributed by atoms with van der Waals surface area (Å²) >= 11 is 0. The van der Waals surface area contributed by atoms with E-state index in [0.717, 1.165) is 19.3 Å². The van der Waals surface area contributed by atoms with Crippen LogP contribution < -0.4 is 5.32 Å². The summed E-state index contributed by atoms with van der Waals surface area (Å²) in [6.07, 6.45) is 3.18. The molecule has 2 amide bonds.